The van der Waals surface area contributed by atoms with E-state index in [0.717, 1.165) is 14.2 Å². The standard InChI is InChI=1S/C20H20Cl2O10S/c1-10(32-33(22,25)26)20(30-16(18(23)28-3)17(31-20)19(24)29-4)12-6-7-13-11(9-12)5-8-14(27-2)15(13)21/h5-10,16-17H,1-4H3/t10?,16-,17-/m1/s1. The maximum absolute atomic E-state index is 12.3. The molecule has 0 aromatic heterocycles. The number of carbonyl (C=O) groups is 2. The number of benzene rings is 2. The largest absolute Gasteiger partial charge is 0.495 e. The van der Waals surface area contributed by atoms with Crippen molar-refractivity contribution >= 4 is 54.3 Å². The van der Waals surface area contributed by atoms with E-state index >= 15 is 0 Å². The fourth-order valence-electron chi connectivity index (χ4n) is 3.55. The lowest BCUT2D eigenvalue weighted by Gasteiger charge is -2.33. The van der Waals surface area contributed by atoms with Gasteiger partial charge in [0.05, 0.1) is 26.4 Å². The molecular weight excluding hydrogens is 503 g/mol. The third-order valence-electron chi connectivity index (χ3n) is 5.08. The molecule has 3 rings (SSSR count). The van der Waals surface area contributed by atoms with Crippen molar-refractivity contribution in [1.82, 2.24) is 0 Å². The van der Waals surface area contributed by atoms with Crippen LogP contribution in [0.3, 0.4) is 0 Å². The zero-order chi connectivity index (χ0) is 24.6. The second-order valence-corrected chi connectivity index (χ2v) is 9.43. The minimum absolute atomic E-state index is 0.212. The van der Waals surface area contributed by atoms with Crippen LogP contribution in [0.5, 0.6) is 5.75 Å². The Labute approximate surface area is 199 Å². The van der Waals surface area contributed by atoms with Crippen molar-refractivity contribution in [2.24, 2.45) is 0 Å². The molecule has 10 nitrogen and oxygen atoms in total. The maximum Gasteiger partial charge on any atom is 0.356 e. The Morgan fingerprint density at radius 2 is 1.61 bits per heavy atom. The lowest BCUT2D eigenvalue weighted by molar-refractivity contribution is -0.233. The normalized spacial score (nSPS) is 20.9. The van der Waals surface area contributed by atoms with Crippen molar-refractivity contribution in [3.8, 4) is 5.75 Å². The minimum Gasteiger partial charge on any atom is -0.495 e. The van der Waals surface area contributed by atoms with Gasteiger partial charge in [-0.05, 0) is 24.4 Å². The van der Waals surface area contributed by atoms with E-state index in [9.17, 15) is 18.0 Å². The van der Waals surface area contributed by atoms with Crippen molar-refractivity contribution in [3.05, 3.63) is 40.9 Å². The molecule has 1 aliphatic heterocycles. The Hall–Kier alpha value is -2.15. The smallest absolute Gasteiger partial charge is 0.356 e. The SMILES string of the molecule is COC(=O)[C@@H]1OC(c2ccc3c(Cl)c(OC)ccc3c2)(C(C)OS(=O)(=O)Cl)O[C@H]1C(=O)OC. The molecule has 1 heterocycles. The molecule has 33 heavy (non-hydrogen) atoms. The summed E-state index contributed by atoms with van der Waals surface area (Å²) in [6, 6.07) is 8.04. The fourth-order valence-corrected chi connectivity index (χ4v) is 4.66. The Morgan fingerprint density at radius 3 is 2.09 bits per heavy atom. The molecule has 3 atom stereocenters. The topological polar surface area (TPSA) is 124 Å². The van der Waals surface area contributed by atoms with Crippen molar-refractivity contribution in [1.29, 1.82) is 0 Å². The summed E-state index contributed by atoms with van der Waals surface area (Å²) in [7, 11) is 4.43. The summed E-state index contributed by atoms with van der Waals surface area (Å²) >= 11 is 6.37. The monoisotopic (exact) mass is 522 g/mol. The minimum atomic E-state index is -4.51. The molecule has 0 N–H and O–H groups in total. The van der Waals surface area contributed by atoms with Crippen LogP contribution in [0.25, 0.3) is 10.8 Å². The molecule has 0 radical (unpaired) electrons. The van der Waals surface area contributed by atoms with Crippen molar-refractivity contribution in [2.45, 2.75) is 31.0 Å². The molecule has 2 aromatic carbocycles. The molecule has 13 heteroatoms. The third-order valence-corrected chi connectivity index (χ3v) is 6.21. The number of esters is 2. The summed E-state index contributed by atoms with van der Waals surface area (Å²) in [5, 5.41) is 1.55. The number of fused-ring (bicyclic) bond motifs is 1. The number of methoxy groups -OCH3 is 3. The molecule has 0 amide bonds. The van der Waals surface area contributed by atoms with Crippen LogP contribution in [0.4, 0.5) is 0 Å². The Morgan fingerprint density at radius 1 is 1.03 bits per heavy atom. The highest BCUT2D eigenvalue weighted by Crippen LogP contribution is 2.45. The number of hydrogen-bond donors (Lipinski definition) is 0. The number of ether oxygens (including phenoxy) is 5. The van der Waals surface area contributed by atoms with Gasteiger partial charge in [0.2, 0.25) is 5.79 Å². The molecule has 1 saturated heterocycles. The van der Waals surface area contributed by atoms with Gasteiger partial charge in [-0.2, -0.15) is 8.42 Å². The Bertz CT molecular complexity index is 1160. The van der Waals surface area contributed by atoms with Gasteiger partial charge in [0.25, 0.3) is 0 Å². The highest BCUT2D eigenvalue weighted by molar-refractivity contribution is 8.10. The van der Waals surface area contributed by atoms with Crippen molar-refractivity contribution in [3.63, 3.8) is 0 Å². The number of halogens is 2. The highest BCUT2D eigenvalue weighted by atomic mass is 35.7. The van der Waals surface area contributed by atoms with Gasteiger partial charge in [-0.1, -0.05) is 29.8 Å². The van der Waals surface area contributed by atoms with Gasteiger partial charge in [0.1, 0.15) is 11.9 Å². The summed E-state index contributed by atoms with van der Waals surface area (Å²) in [4.78, 5) is 24.7. The van der Waals surface area contributed by atoms with Crippen LogP contribution >= 0.6 is 22.3 Å². The molecular formula is C20H20Cl2O10S. The van der Waals surface area contributed by atoms with Gasteiger partial charge >= 0.3 is 21.3 Å². The molecule has 0 bridgehead atoms. The third kappa shape index (κ3) is 4.88. The van der Waals surface area contributed by atoms with Gasteiger partial charge in [0, 0.05) is 21.6 Å². The van der Waals surface area contributed by atoms with Gasteiger partial charge in [0.15, 0.2) is 12.2 Å². The van der Waals surface area contributed by atoms with E-state index in [4.69, 9.17) is 50.2 Å². The van der Waals surface area contributed by atoms with Crippen LogP contribution in [-0.4, -0.2) is 60.0 Å². The molecule has 0 saturated carbocycles. The van der Waals surface area contributed by atoms with Gasteiger partial charge in [-0.3, -0.25) is 0 Å². The first-order valence-corrected chi connectivity index (χ1v) is 12.0. The van der Waals surface area contributed by atoms with E-state index in [1.807, 2.05) is 0 Å². The first-order valence-electron chi connectivity index (χ1n) is 9.38. The maximum atomic E-state index is 12.3. The van der Waals surface area contributed by atoms with Crippen LogP contribution in [0.2, 0.25) is 5.02 Å². The van der Waals surface area contributed by atoms with Gasteiger partial charge in [-0.25, -0.2) is 13.8 Å². The van der Waals surface area contributed by atoms with Crippen LogP contribution < -0.4 is 4.74 Å². The van der Waals surface area contributed by atoms with Gasteiger partial charge in [-0.15, -0.1) is 0 Å². The lowest BCUT2D eigenvalue weighted by atomic mass is 9.97. The number of carbonyl (C=O) groups excluding carboxylic acids is 2. The summed E-state index contributed by atoms with van der Waals surface area (Å²) in [6.45, 7) is 1.29. The van der Waals surface area contributed by atoms with E-state index in [1.165, 1.54) is 20.1 Å². The van der Waals surface area contributed by atoms with E-state index in [0.29, 0.717) is 21.5 Å². The second-order valence-electron chi connectivity index (χ2n) is 6.94. The Kier molecular flexibility index (Phi) is 7.42. The van der Waals surface area contributed by atoms with Crippen LogP contribution in [0.1, 0.15) is 12.5 Å². The Balaban J connectivity index is 2.20. The van der Waals surface area contributed by atoms with Crippen LogP contribution in [0.15, 0.2) is 30.3 Å². The average Bonchev–Trinajstić information content (AvgIpc) is 3.19. The zero-order valence-corrected chi connectivity index (χ0v) is 20.2. The summed E-state index contributed by atoms with van der Waals surface area (Å²) in [5.74, 6) is -3.51. The molecule has 180 valence electrons. The average molecular weight is 523 g/mol. The molecule has 0 spiro atoms. The number of hydrogen-bond acceptors (Lipinski definition) is 10. The van der Waals surface area contributed by atoms with E-state index in [-0.39, 0.29) is 5.56 Å². The van der Waals surface area contributed by atoms with E-state index in [1.54, 1.807) is 24.3 Å². The second kappa shape index (κ2) is 9.61. The predicted molar refractivity (Wildman–Crippen MR) is 116 cm³/mol. The van der Waals surface area contributed by atoms with Crippen molar-refractivity contribution < 1.29 is 45.9 Å². The predicted octanol–water partition coefficient (Wildman–Crippen LogP) is 2.67. The van der Waals surface area contributed by atoms with Gasteiger partial charge < -0.3 is 23.7 Å². The molecule has 1 aliphatic rings. The highest BCUT2D eigenvalue weighted by Gasteiger charge is 2.59. The quantitative estimate of drug-likeness (QED) is 0.395. The van der Waals surface area contributed by atoms with E-state index in [2.05, 4.69) is 0 Å². The zero-order valence-electron chi connectivity index (χ0n) is 17.9. The summed E-state index contributed by atoms with van der Waals surface area (Å²) in [6.07, 6.45) is -4.61. The summed E-state index contributed by atoms with van der Waals surface area (Å²) in [5.41, 5.74) is 0.212. The molecule has 0 aliphatic carbocycles. The molecule has 1 unspecified atom stereocenters. The molecule has 1 fully saturated rings. The van der Waals surface area contributed by atoms with E-state index < -0.39 is 45.4 Å². The molecule has 2 aromatic rings. The fraction of sp³-hybridized carbons (Fsp3) is 0.400. The number of rotatable bonds is 7. The van der Waals surface area contributed by atoms with Crippen LogP contribution in [0, 0.1) is 0 Å². The first kappa shape index (κ1) is 25.5. The van der Waals surface area contributed by atoms with Crippen LogP contribution in [-0.2, 0) is 47.8 Å². The summed E-state index contributed by atoms with van der Waals surface area (Å²) < 4.78 is 54.6. The lowest BCUT2D eigenvalue weighted by Crippen LogP contribution is -2.42. The first-order chi connectivity index (χ1) is 15.5. The van der Waals surface area contributed by atoms with Crippen molar-refractivity contribution in [2.75, 3.05) is 21.3 Å².